The van der Waals surface area contributed by atoms with Crippen LogP contribution in [0.5, 0.6) is 0 Å². The standard InChI is InChI=1S/C13H10N4O7S/c14-25(23,24)10-4-1-8(2-5-10)15-13(18)11-6-3-9(16(19)20)7-12(11)17(21)22/h1-7H,(H,15,18)(H2,14,23,24). The van der Waals surface area contributed by atoms with Crippen molar-refractivity contribution in [2.45, 2.75) is 4.90 Å². The minimum absolute atomic E-state index is 0.157. The highest BCUT2D eigenvalue weighted by Gasteiger charge is 2.24. The van der Waals surface area contributed by atoms with Gasteiger partial charge in [-0.15, -0.1) is 0 Å². The number of sulfonamides is 1. The van der Waals surface area contributed by atoms with Crippen molar-refractivity contribution in [1.29, 1.82) is 0 Å². The lowest BCUT2D eigenvalue weighted by molar-refractivity contribution is -0.394. The van der Waals surface area contributed by atoms with Gasteiger partial charge in [-0.1, -0.05) is 0 Å². The van der Waals surface area contributed by atoms with Gasteiger partial charge in [0.05, 0.1) is 20.8 Å². The number of primary sulfonamides is 1. The summed E-state index contributed by atoms with van der Waals surface area (Å²) in [7, 11) is -3.90. The van der Waals surface area contributed by atoms with Gasteiger partial charge in [0.1, 0.15) is 5.56 Å². The Hall–Kier alpha value is -3.38. The van der Waals surface area contributed by atoms with Gasteiger partial charge in [-0.25, -0.2) is 13.6 Å². The first kappa shape index (κ1) is 18.0. The zero-order valence-electron chi connectivity index (χ0n) is 12.3. The van der Waals surface area contributed by atoms with E-state index < -0.39 is 37.2 Å². The highest BCUT2D eigenvalue weighted by molar-refractivity contribution is 7.89. The van der Waals surface area contributed by atoms with Crippen molar-refractivity contribution in [2.75, 3.05) is 5.32 Å². The van der Waals surface area contributed by atoms with E-state index in [0.29, 0.717) is 6.07 Å². The molecule has 1 amide bonds. The molecule has 0 fully saturated rings. The lowest BCUT2D eigenvalue weighted by Crippen LogP contribution is -2.15. The average Bonchev–Trinajstić information content (AvgIpc) is 2.53. The number of benzene rings is 2. The van der Waals surface area contributed by atoms with Gasteiger partial charge in [0.15, 0.2) is 0 Å². The van der Waals surface area contributed by atoms with E-state index in [4.69, 9.17) is 5.14 Å². The van der Waals surface area contributed by atoms with Crippen LogP contribution in [0, 0.1) is 20.2 Å². The molecule has 0 radical (unpaired) electrons. The summed E-state index contributed by atoms with van der Waals surface area (Å²) in [6.45, 7) is 0. The Morgan fingerprint density at radius 2 is 1.60 bits per heavy atom. The van der Waals surface area contributed by atoms with Crippen molar-refractivity contribution in [3.63, 3.8) is 0 Å². The molecule has 0 aliphatic heterocycles. The van der Waals surface area contributed by atoms with Crippen molar-refractivity contribution < 1.29 is 23.1 Å². The van der Waals surface area contributed by atoms with Gasteiger partial charge in [0, 0.05) is 11.8 Å². The van der Waals surface area contributed by atoms with Crippen LogP contribution in [0.15, 0.2) is 47.4 Å². The number of nitrogens with one attached hydrogen (secondary N) is 1. The van der Waals surface area contributed by atoms with Crippen molar-refractivity contribution in [3.05, 3.63) is 68.3 Å². The molecular formula is C13H10N4O7S. The molecule has 0 unspecified atom stereocenters. The fourth-order valence-corrected chi connectivity index (χ4v) is 2.42. The third-order valence-electron chi connectivity index (χ3n) is 3.07. The van der Waals surface area contributed by atoms with Crippen molar-refractivity contribution in [3.8, 4) is 0 Å². The average molecular weight is 366 g/mol. The predicted octanol–water partition coefficient (Wildman–Crippen LogP) is 1.40. The van der Waals surface area contributed by atoms with Crippen LogP contribution >= 0.6 is 0 Å². The van der Waals surface area contributed by atoms with E-state index in [1.54, 1.807) is 0 Å². The SMILES string of the molecule is NS(=O)(=O)c1ccc(NC(=O)c2ccc([N+](=O)[O-])cc2[N+](=O)[O-])cc1. The molecule has 0 atom stereocenters. The number of nitro benzene ring substituents is 2. The summed E-state index contributed by atoms with van der Waals surface area (Å²) < 4.78 is 22.3. The van der Waals surface area contributed by atoms with E-state index in [1.807, 2.05) is 0 Å². The molecule has 2 aromatic carbocycles. The Bertz CT molecular complexity index is 970. The van der Waals surface area contributed by atoms with Gasteiger partial charge >= 0.3 is 0 Å². The third-order valence-corrected chi connectivity index (χ3v) is 4.00. The first-order valence-electron chi connectivity index (χ1n) is 6.46. The minimum Gasteiger partial charge on any atom is -0.322 e. The molecule has 0 saturated heterocycles. The van der Waals surface area contributed by atoms with E-state index in [2.05, 4.69) is 5.32 Å². The molecule has 0 aromatic heterocycles. The third kappa shape index (κ3) is 4.13. The monoisotopic (exact) mass is 366 g/mol. The van der Waals surface area contributed by atoms with Crippen molar-refractivity contribution >= 4 is 33.0 Å². The largest absolute Gasteiger partial charge is 0.322 e. The van der Waals surface area contributed by atoms with E-state index in [-0.39, 0.29) is 16.1 Å². The number of rotatable bonds is 5. The summed E-state index contributed by atoms with van der Waals surface area (Å²) in [5.74, 6) is -0.884. The van der Waals surface area contributed by atoms with Crippen LogP contribution in [0.1, 0.15) is 10.4 Å². The lowest BCUT2D eigenvalue weighted by atomic mass is 10.1. The fourth-order valence-electron chi connectivity index (χ4n) is 1.90. The number of hydrogen-bond acceptors (Lipinski definition) is 7. The van der Waals surface area contributed by atoms with Gasteiger partial charge in [-0.3, -0.25) is 25.0 Å². The van der Waals surface area contributed by atoms with Gasteiger partial charge in [-0.05, 0) is 30.3 Å². The second-order valence-corrected chi connectivity index (χ2v) is 6.30. The Kier molecular flexibility index (Phi) is 4.76. The molecule has 0 aliphatic rings. The number of carbonyl (C=O) groups is 1. The maximum absolute atomic E-state index is 12.2. The van der Waals surface area contributed by atoms with Crippen LogP contribution in [-0.2, 0) is 10.0 Å². The number of nitro groups is 2. The zero-order chi connectivity index (χ0) is 18.8. The molecular weight excluding hydrogens is 356 g/mol. The minimum atomic E-state index is -3.90. The quantitative estimate of drug-likeness (QED) is 0.593. The molecule has 0 bridgehead atoms. The van der Waals surface area contributed by atoms with E-state index in [9.17, 15) is 33.4 Å². The molecule has 25 heavy (non-hydrogen) atoms. The summed E-state index contributed by atoms with van der Waals surface area (Å²) >= 11 is 0. The van der Waals surface area contributed by atoms with Gasteiger partial charge in [-0.2, -0.15) is 0 Å². The maximum atomic E-state index is 12.2. The second kappa shape index (κ2) is 6.62. The molecule has 0 spiro atoms. The number of anilines is 1. The first-order valence-corrected chi connectivity index (χ1v) is 8.01. The maximum Gasteiger partial charge on any atom is 0.289 e. The van der Waals surface area contributed by atoms with Crippen molar-refractivity contribution in [1.82, 2.24) is 0 Å². The smallest absolute Gasteiger partial charge is 0.289 e. The Labute approximate surface area is 140 Å². The van der Waals surface area contributed by atoms with Crippen LogP contribution in [0.25, 0.3) is 0 Å². The highest BCUT2D eigenvalue weighted by Crippen LogP contribution is 2.25. The van der Waals surface area contributed by atoms with E-state index in [0.717, 1.165) is 24.3 Å². The van der Waals surface area contributed by atoms with E-state index in [1.165, 1.54) is 12.1 Å². The Balaban J connectivity index is 2.32. The molecule has 12 heteroatoms. The molecule has 0 heterocycles. The lowest BCUT2D eigenvalue weighted by Gasteiger charge is -2.06. The predicted molar refractivity (Wildman–Crippen MR) is 85.5 cm³/mol. The molecule has 3 N–H and O–H groups in total. The number of hydrogen-bond donors (Lipinski definition) is 2. The van der Waals surface area contributed by atoms with Crippen LogP contribution in [-0.4, -0.2) is 24.2 Å². The molecule has 0 aliphatic carbocycles. The van der Waals surface area contributed by atoms with Crippen molar-refractivity contribution in [2.24, 2.45) is 5.14 Å². The molecule has 0 saturated carbocycles. The Morgan fingerprint density at radius 3 is 2.08 bits per heavy atom. The van der Waals surface area contributed by atoms with Crippen LogP contribution in [0.2, 0.25) is 0 Å². The van der Waals surface area contributed by atoms with E-state index >= 15 is 0 Å². The van der Waals surface area contributed by atoms with Crippen LogP contribution in [0.4, 0.5) is 17.1 Å². The topological polar surface area (TPSA) is 176 Å². The molecule has 2 rings (SSSR count). The van der Waals surface area contributed by atoms with Gasteiger partial charge < -0.3 is 5.32 Å². The Morgan fingerprint density at radius 1 is 1.00 bits per heavy atom. The number of nitrogens with two attached hydrogens (primary N) is 1. The fraction of sp³-hybridized carbons (Fsp3) is 0. The summed E-state index contributed by atoms with van der Waals surface area (Å²) in [5, 5.41) is 29.0. The summed E-state index contributed by atoms with van der Waals surface area (Å²) in [6.07, 6.45) is 0. The number of non-ortho nitro benzene ring substituents is 1. The molecule has 130 valence electrons. The van der Waals surface area contributed by atoms with Crippen LogP contribution in [0.3, 0.4) is 0 Å². The highest BCUT2D eigenvalue weighted by atomic mass is 32.2. The van der Waals surface area contributed by atoms with Crippen LogP contribution < -0.4 is 10.5 Å². The number of amides is 1. The molecule has 11 nitrogen and oxygen atoms in total. The molecule has 2 aromatic rings. The first-order chi connectivity index (χ1) is 11.6. The zero-order valence-corrected chi connectivity index (χ0v) is 13.1. The normalized spacial score (nSPS) is 10.9. The summed E-state index contributed by atoms with van der Waals surface area (Å²) in [6, 6.07) is 7.39. The number of carbonyl (C=O) groups excluding carboxylic acids is 1. The van der Waals surface area contributed by atoms with Gasteiger partial charge in [0.2, 0.25) is 10.0 Å². The summed E-state index contributed by atoms with van der Waals surface area (Å²) in [4.78, 5) is 32.0. The van der Waals surface area contributed by atoms with Gasteiger partial charge in [0.25, 0.3) is 17.3 Å². The summed E-state index contributed by atoms with van der Waals surface area (Å²) in [5.41, 5.74) is -1.48. The second-order valence-electron chi connectivity index (χ2n) is 4.74. The number of nitrogens with zero attached hydrogens (tertiary/aromatic N) is 2.